The van der Waals surface area contributed by atoms with Gasteiger partial charge in [-0.25, -0.2) is 4.79 Å². The first-order valence-corrected chi connectivity index (χ1v) is 12.2. The van der Waals surface area contributed by atoms with Crippen LogP contribution in [0.4, 0.5) is 5.69 Å². The number of aliphatic hydroxyl groups excluding tert-OH is 1. The van der Waals surface area contributed by atoms with Crippen molar-refractivity contribution in [3.8, 4) is 5.75 Å². The average Bonchev–Trinajstić information content (AvgIpc) is 2.87. The van der Waals surface area contributed by atoms with E-state index in [0.717, 1.165) is 17.7 Å². The van der Waals surface area contributed by atoms with Crippen molar-refractivity contribution in [3.63, 3.8) is 0 Å². The Kier molecular flexibility index (Phi) is 9.33. The summed E-state index contributed by atoms with van der Waals surface area (Å²) in [5, 5.41) is 20.7. The Morgan fingerprint density at radius 2 is 1.61 bits per heavy atom. The SMILES string of the molecule is CC(C)N(CC(Cc1cc(CO)ccc1OC(=O)c1ccc([N+](=O)[O-])cc1)c1ccccc1)C(C)C. The van der Waals surface area contributed by atoms with Crippen molar-refractivity contribution in [2.24, 2.45) is 0 Å². The molecule has 0 spiro atoms. The third-order valence-corrected chi connectivity index (χ3v) is 6.32. The van der Waals surface area contributed by atoms with E-state index in [0.29, 0.717) is 24.3 Å². The molecular formula is C29H34N2O5. The van der Waals surface area contributed by atoms with Crippen LogP contribution in [0.15, 0.2) is 72.8 Å². The van der Waals surface area contributed by atoms with Crippen LogP contribution in [-0.4, -0.2) is 39.5 Å². The normalized spacial score (nSPS) is 12.2. The van der Waals surface area contributed by atoms with Gasteiger partial charge in [-0.15, -0.1) is 0 Å². The smallest absolute Gasteiger partial charge is 0.343 e. The van der Waals surface area contributed by atoms with Crippen LogP contribution in [0, 0.1) is 10.1 Å². The third kappa shape index (κ3) is 6.99. The molecule has 3 rings (SSSR count). The van der Waals surface area contributed by atoms with E-state index in [9.17, 15) is 20.0 Å². The van der Waals surface area contributed by atoms with E-state index in [2.05, 4.69) is 44.7 Å². The number of rotatable bonds is 11. The van der Waals surface area contributed by atoms with Crippen LogP contribution >= 0.6 is 0 Å². The molecule has 0 aromatic heterocycles. The fourth-order valence-electron chi connectivity index (χ4n) is 4.42. The number of carbonyl (C=O) groups is 1. The second kappa shape index (κ2) is 12.4. The molecule has 0 saturated carbocycles. The Morgan fingerprint density at radius 3 is 2.17 bits per heavy atom. The summed E-state index contributed by atoms with van der Waals surface area (Å²) in [4.78, 5) is 25.7. The van der Waals surface area contributed by atoms with E-state index in [1.165, 1.54) is 29.8 Å². The highest BCUT2D eigenvalue weighted by Crippen LogP contribution is 2.30. The third-order valence-electron chi connectivity index (χ3n) is 6.32. The largest absolute Gasteiger partial charge is 0.423 e. The number of nitro benzene ring substituents is 1. The number of nitrogens with zero attached hydrogens (tertiary/aromatic N) is 2. The van der Waals surface area contributed by atoms with Crippen LogP contribution < -0.4 is 4.74 Å². The van der Waals surface area contributed by atoms with Crippen molar-refractivity contribution in [2.45, 2.75) is 58.7 Å². The maximum atomic E-state index is 12.9. The summed E-state index contributed by atoms with van der Waals surface area (Å²) >= 11 is 0. The molecule has 0 aliphatic carbocycles. The standard InChI is InChI=1S/C29H34N2O5/c1-20(2)30(21(3)4)18-26(23-8-6-5-7-9-23)17-25-16-22(19-32)10-15-28(25)36-29(33)24-11-13-27(14-12-24)31(34)35/h5-16,20-21,26,32H,17-19H2,1-4H3. The molecule has 0 saturated heterocycles. The molecule has 0 fully saturated rings. The number of hydrogen-bond donors (Lipinski definition) is 1. The minimum atomic E-state index is -0.592. The highest BCUT2D eigenvalue weighted by atomic mass is 16.6. The van der Waals surface area contributed by atoms with Gasteiger partial charge in [0.1, 0.15) is 5.75 Å². The zero-order chi connectivity index (χ0) is 26.2. The summed E-state index contributed by atoms with van der Waals surface area (Å²) < 4.78 is 5.76. The van der Waals surface area contributed by atoms with E-state index in [-0.39, 0.29) is 23.8 Å². The van der Waals surface area contributed by atoms with E-state index < -0.39 is 10.9 Å². The molecule has 7 nitrogen and oxygen atoms in total. The number of nitro groups is 1. The fourth-order valence-corrected chi connectivity index (χ4v) is 4.42. The van der Waals surface area contributed by atoms with E-state index >= 15 is 0 Å². The minimum absolute atomic E-state index is 0.0925. The summed E-state index contributed by atoms with van der Waals surface area (Å²) in [6.45, 7) is 9.44. The van der Waals surface area contributed by atoms with Gasteiger partial charge in [0.15, 0.2) is 0 Å². The molecule has 1 N–H and O–H groups in total. The molecular weight excluding hydrogens is 456 g/mol. The topological polar surface area (TPSA) is 92.9 Å². The van der Waals surface area contributed by atoms with Gasteiger partial charge < -0.3 is 9.84 Å². The Bertz CT molecular complexity index is 1150. The molecule has 1 unspecified atom stereocenters. The maximum Gasteiger partial charge on any atom is 0.343 e. The second-order valence-corrected chi connectivity index (χ2v) is 9.49. The Hall–Kier alpha value is -3.55. The van der Waals surface area contributed by atoms with Crippen LogP contribution in [0.25, 0.3) is 0 Å². The molecule has 3 aromatic rings. The van der Waals surface area contributed by atoms with Gasteiger partial charge in [0.05, 0.1) is 17.1 Å². The van der Waals surface area contributed by atoms with Gasteiger partial charge in [0.2, 0.25) is 0 Å². The molecule has 3 aromatic carbocycles. The van der Waals surface area contributed by atoms with Gasteiger partial charge in [0, 0.05) is 36.7 Å². The molecule has 36 heavy (non-hydrogen) atoms. The zero-order valence-electron chi connectivity index (χ0n) is 21.3. The van der Waals surface area contributed by atoms with Gasteiger partial charge in [-0.2, -0.15) is 0 Å². The van der Waals surface area contributed by atoms with E-state index in [4.69, 9.17) is 4.74 Å². The first kappa shape index (κ1) is 27.0. The summed E-state index contributed by atoms with van der Waals surface area (Å²) in [6.07, 6.45) is 0.608. The quantitative estimate of drug-likeness (QED) is 0.159. The summed E-state index contributed by atoms with van der Waals surface area (Å²) in [6, 6.07) is 21.6. The van der Waals surface area contributed by atoms with Crippen LogP contribution in [0.2, 0.25) is 0 Å². The molecule has 0 aliphatic rings. The summed E-state index contributed by atoms with van der Waals surface area (Å²) in [5.74, 6) is -0.0518. The van der Waals surface area contributed by atoms with Crippen LogP contribution in [0.3, 0.4) is 0 Å². The van der Waals surface area contributed by atoms with Gasteiger partial charge in [-0.05, 0) is 75.1 Å². The number of hydrogen-bond acceptors (Lipinski definition) is 6. The molecule has 0 heterocycles. The van der Waals surface area contributed by atoms with Crippen molar-refractivity contribution in [2.75, 3.05) is 6.54 Å². The minimum Gasteiger partial charge on any atom is -0.423 e. The fraction of sp³-hybridized carbons (Fsp3) is 0.345. The van der Waals surface area contributed by atoms with Crippen molar-refractivity contribution >= 4 is 11.7 Å². The highest BCUT2D eigenvalue weighted by Gasteiger charge is 2.23. The molecule has 190 valence electrons. The molecule has 0 bridgehead atoms. The van der Waals surface area contributed by atoms with Crippen molar-refractivity contribution in [1.29, 1.82) is 0 Å². The lowest BCUT2D eigenvalue weighted by atomic mass is 9.89. The van der Waals surface area contributed by atoms with E-state index in [1.807, 2.05) is 24.3 Å². The first-order chi connectivity index (χ1) is 17.2. The highest BCUT2D eigenvalue weighted by molar-refractivity contribution is 5.91. The van der Waals surface area contributed by atoms with Crippen LogP contribution in [0.5, 0.6) is 5.75 Å². The first-order valence-electron chi connectivity index (χ1n) is 12.2. The van der Waals surface area contributed by atoms with E-state index in [1.54, 1.807) is 12.1 Å². The predicted molar refractivity (Wildman–Crippen MR) is 140 cm³/mol. The lowest BCUT2D eigenvalue weighted by Crippen LogP contribution is -2.40. The van der Waals surface area contributed by atoms with Gasteiger partial charge in [-0.1, -0.05) is 36.4 Å². The lowest BCUT2D eigenvalue weighted by molar-refractivity contribution is -0.384. The van der Waals surface area contributed by atoms with Crippen LogP contribution in [-0.2, 0) is 13.0 Å². The Labute approximate surface area is 212 Å². The monoisotopic (exact) mass is 490 g/mol. The van der Waals surface area contributed by atoms with Gasteiger partial charge in [-0.3, -0.25) is 15.0 Å². The molecule has 0 amide bonds. The number of benzene rings is 3. The van der Waals surface area contributed by atoms with Crippen LogP contribution in [0.1, 0.15) is 60.7 Å². The number of ether oxygens (including phenoxy) is 1. The van der Waals surface area contributed by atoms with Crippen molar-refractivity contribution < 1.29 is 19.6 Å². The molecule has 0 radical (unpaired) electrons. The second-order valence-electron chi connectivity index (χ2n) is 9.49. The molecule has 7 heteroatoms. The number of carbonyl (C=O) groups excluding carboxylic acids is 1. The summed E-state index contributed by atoms with van der Waals surface area (Å²) in [7, 11) is 0. The number of esters is 1. The summed E-state index contributed by atoms with van der Waals surface area (Å²) in [5.41, 5.74) is 2.87. The van der Waals surface area contributed by atoms with Gasteiger partial charge in [0.25, 0.3) is 5.69 Å². The van der Waals surface area contributed by atoms with Crippen molar-refractivity contribution in [3.05, 3.63) is 105 Å². The maximum absolute atomic E-state index is 12.9. The Balaban J connectivity index is 1.93. The zero-order valence-corrected chi connectivity index (χ0v) is 21.3. The lowest BCUT2D eigenvalue weighted by Gasteiger charge is -2.34. The average molecular weight is 491 g/mol. The molecule has 0 aliphatic heterocycles. The molecule has 1 atom stereocenters. The number of non-ortho nitro benzene ring substituents is 1. The number of aliphatic hydroxyl groups is 1. The van der Waals surface area contributed by atoms with Crippen molar-refractivity contribution in [1.82, 2.24) is 4.90 Å². The predicted octanol–water partition coefficient (Wildman–Crippen LogP) is 5.75. The Morgan fingerprint density at radius 1 is 0.972 bits per heavy atom. The van der Waals surface area contributed by atoms with Gasteiger partial charge >= 0.3 is 5.97 Å².